The Morgan fingerprint density at radius 2 is 2.03 bits per heavy atom. The molecule has 13 heteroatoms. The van der Waals surface area contributed by atoms with Crippen molar-refractivity contribution < 1.29 is 37.0 Å². The highest BCUT2D eigenvalue weighted by molar-refractivity contribution is 7.07. The van der Waals surface area contributed by atoms with Crippen molar-refractivity contribution >= 4 is 28.4 Å². The standard InChI is InChI=1S/C24H31F3N4O5S/c1-14-8-18-19(9-15(14)2)35-22(31-18)34-11-17(10-16-5-7-37-12-16)30-13-23(33,20(29)4-3-6-28)36-21(32)24(25,26)27/h5,7-9,12,17,20,30,33H,3-4,6,10-11,13,28-29H2,1-2H3/t17-,20-,23+/m1/s1. The Balaban J connectivity index is 1.75. The van der Waals surface area contributed by atoms with Gasteiger partial charge in [-0.25, -0.2) is 4.79 Å². The Morgan fingerprint density at radius 1 is 1.30 bits per heavy atom. The molecule has 3 aromatic rings. The first-order valence-corrected chi connectivity index (χ1v) is 12.6. The first kappa shape index (κ1) is 28.9. The van der Waals surface area contributed by atoms with Gasteiger partial charge in [0.2, 0.25) is 5.79 Å². The topological polar surface area (TPSA) is 146 Å². The van der Waals surface area contributed by atoms with Crippen molar-refractivity contribution in [1.29, 1.82) is 0 Å². The zero-order valence-corrected chi connectivity index (χ0v) is 21.3. The van der Waals surface area contributed by atoms with Crippen molar-refractivity contribution in [3.63, 3.8) is 0 Å². The molecule has 0 spiro atoms. The number of oxazole rings is 1. The smallest absolute Gasteiger partial charge is 0.448 e. The number of nitrogens with zero attached hydrogens (tertiary/aromatic N) is 1. The molecule has 3 rings (SSSR count). The van der Waals surface area contributed by atoms with E-state index in [-0.39, 0.29) is 25.6 Å². The molecule has 0 fully saturated rings. The Hall–Kier alpha value is -2.71. The summed E-state index contributed by atoms with van der Waals surface area (Å²) in [6.07, 6.45) is -4.54. The van der Waals surface area contributed by atoms with Gasteiger partial charge in [0.25, 0.3) is 0 Å². The van der Waals surface area contributed by atoms with Crippen LogP contribution in [0.4, 0.5) is 13.2 Å². The Bertz CT molecular complexity index is 1130. The molecule has 0 unspecified atom stereocenters. The molecule has 37 heavy (non-hydrogen) atoms. The number of aliphatic hydroxyl groups is 1. The largest absolute Gasteiger partial charge is 0.491 e. The number of halogens is 3. The number of esters is 1. The maximum absolute atomic E-state index is 12.9. The highest BCUT2D eigenvalue weighted by Crippen LogP contribution is 2.25. The van der Waals surface area contributed by atoms with E-state index < -0.39 is 36.6 Å². The number of hydrogen-bond donors (Lipinski definition) is 4. The summed E-state index contributed by atoms with van der Waals surface area (Å²) in [7, 11) is 0. The van der Waals surface area contributed by atoms with Crippen molar-refractivity contribution in [2.45, 2.75) is 57.2 Å². The highest BCUT2D eigenvalue weighted by atomic mass is 32.1. The van der Waals surface area contributed by atoms with Crippen molar-refractivity contribution in [3.8, 4) is 6.08 Å². The second-order valence-corrected chi connectivity index (χ2v) is 9.66. The van der Waals surface area contributed by atoms with Gasteiger partial charge in [0.05, 0.1) is 12.6 Å². The van der Waals surface area contributed by atoms with Gasteiger partial charge in [-0.2, -0.15) is 29.5 Å². The molecule has 1 aromatic carbocycles. The number of rotatable bonds is 13. The Kier molecular flexibility index (Phi) is 9.53. The summed E-state index contributed by atoms with van der Waals surface area (Å²) in [6.45, 7) is 3.51. The molecule has 9 nitrogen and oxygen atoms in total. The predicted molar refractivity (Wildman–Crippen MR) is 132 cm³/mol. The monoisotopic (exact) mass is 544 g/mol. The van der Waals surface area contributed by atoms with Gasteiger partial charge in [0.1, 0.15) is 12.1 Å². The molecule has 204 valence electrons. The molecule has 0 aliphatic carbocycles. The number of ether oxygens (including phenoxy) is 2. The zero-order valence-electron chi connectivity index (χ0n) is 20.5. The van der Waals surface area contributed by atoms with Gasteiger partial charge in [0.15, 0.2) is 5.58 Å². The van der Waals surface area contributed by atoms with Crippen LogP contribution < -0.4 is 21.5 Å². The summed E-state index contributed by atoms with van der Waals surface area (Å²) in [6, 6.07) is 3.75. The van der Waals surface area contributed by atoms with E-state index in [2.05, 4.69) is 15.0 Å². The Morgan fingerprint density at radius 3 is 2.68 bits per heavy atom. The number of hydrogen-bond acceptors (Lipinski definition) is 10. The number of aryl methyl sites for hydroxylation is 2. The van der Waals surface area contributed by atoms with Crippen LogP contribution in [0, 0.1) is 13.8 Å². The van der Waals surface area contributed by atoms with Crippen LogP contribution >= 0.6 is 11.3 Å². The van der Waals surface area contributed by atoms with Crippen LogP contribution in [0.3, 0.4) is 0 Å². The molecule has 3 atom stereocenters. The van der Waals surface area contributed by atoms with E-state index in [9.17, 15) is 23.1 Å². The third kappa shape index (κ3) is 7.89. The maximum atomic E-state index is 12.9. The van der Waals surface area contributed by atoms with Crippen molar-refractivity contribution in [1.82, 2.24) is 10.3 Å². The molecule has 0 radical (unpaired) electrons. The van der Waals surface area contributed by atoms with Crippen LogP contribution in [0.2, 0.25) is 0 Å². The fourth-order valence-corrected chi connectivity index (χ4v) is 4.27. The molecule has 6 N–H and O–H groups in total. The van der Waals surface area contributed by atoms with Crippen LogP contribution in [-0.4, -0.2) is 59.8 Å². The number of fused-ring (bicyclic) bond motifs is 1. The SMILES string of the molecule is Cc1cc2nc(OC[C@@H](Cc3ccsc3)NC[C@](O)(OC(=O)C(F)(F)F)[C@H](N)CCCN)oc2cc1C. The summed E-state index contributed by atoms with van der Waals surface area (Å²) in [5.74, 6) is -5.18. The van der Waals surface area contributed by atoms with Gasteiger partial charge in [-0.05, 0) is 85.3 Å². The lowest BCUT2D eigenvalue weighted by atomic mass is 10.0. The lowest BCUT2D eigenvalue weighted by Crippen LogP contribution is -2.60. The number of nitrogens with two attached hydrogens (primary N) is 2. The minimum absolute atomic E-state index is 0.0119. The lowest BCUT2D eigenvalue weighted by Gasteiger charge is -2.35. The van der Waals surface area contributed by atoms with Crippen LogP contribution in [-0.2, 0) is 16.0 Å². The van der Waals surface area contributed by atoms with E-state index in [0.717, 1.165) is 16.7 Å². The van der Waals surface area contributed by atoms with Crippen molar-refractivity contribution in [2.75, 3.05) is 19.7 Å². The second kappa shape index (κ2) is 12.2. The molecule has 0 saturated heterocycles. The van der Waals surface area contributed by atoms with Gasteiger partial charge in [-0.3, -0.25) is 0 Å². The van der Waals surface area contributed by atoms with Crippen molar-refractivity contribution in [2.24, 2.45) is 11.5 Å². The number of aromatic nitrogens is 1. The molecular weight excluding hydrogens is 513 g/mol. The number of carbonyl (C=O) groups excluding carboxylic acids is 1. The second-order valence-electron chi connectivity index (χ2n) is 8.88. The summed E-state index contributed by atoms with van der Waals surface area (Å²) < 4.78 is 54.6. The van der Waals surface area contributed by atoms with Crippen LogP contribution in [0.1, 0.15) is 29.5 Å². The summed E-state index contributed by atoms with van der Waals surface area (Å²) in [4.78, 5) is 15.9. The van der Waals surface area contributed by atoms with Crippen LogP contribution in [0.25, 0.3) is 11.1 Å². The third-order valence-corrected chi connectivity index (χ3v) is 6.63. The van der Waals surface area contributed by atoms with E-state index in [1.807, 2.05) is 42.8 Å². The van der Waals surface area contributed by atoms with Crippen LogP contribution in [0.15, 0.2) is 33.4 Å². The molecule has 2 heterocycles. The van der Waals surface area contributed by atoms with E-state index in [1.54, 1.807) is 0 Å². The predicted octanol–water partition coefficient (Wildman–Crippen LogP) is 2.95. The maximum Gasteiger partial charge on any atom is 0.491 e. The number of alkyl halides is 3. The summed E-state index contributed by atoms with van der Waals surface area (Å²) in [5.41, 5.74) is 15.6. The molecule has 2 aromatic heterocycles. The molecule has 0 bridgehead atoms. The van der Waals surface area contributed by atoms with Crippen molar-refractivity contribution in [3.05, 3.63) is 45.6 Å². The summed E-state index contributed by atoms with van der Waals surface area (Å²) in [5, 5.41) is 17.6. The summed E-state index contributed by atoms with van der Waals surface area (Å²) >= 11 is 1.48. The first-order chi connectivity index (χ1) is 17.4. The normalized spacial score (nSPS) is 15.4. The first-order valence-electron chi connectivity index (χ1n) is 11.6. The average molecular weight is 545 g/mol. The van der Waals surface area contributed by atoms with E-state index in [4.69, 9.17) is 20.6 Å². The van der Waals surface area contributed by atoms with Gasteiger partial charge in [0, 0.05) is 6.04 Å². The quantitative estimate of drug-likeness (QED) is 0.188. The third-order valence-electron chi connectivity index (χ3n) is 5.90. The molecular formula is C24H31F3N4O5S. The van der Waals surface area contributed by atoms with Crippen LogP contribution in [0.5, 0.6) is 6.08 Å². The van der Waals surface area contributed by atoms with E-state index >= 15 is 0 Å². The molecule has 0 aliphatic heterocycles. The molecule has 0 amide bonds. The molecule has 0 aliphatic rings. The minimum Gasteiger partial charge on any atom is -0.448 e. The highest BCUT2D eigenvalue weighted by Gasteiger charge is 2.48. The fourth-order valence-electron chi connectivity index (χ4n) is 3.59. The number of carbonyl (C=O) groups is 1. The van der Waals surface area contributed by atoms with Gasteiger partial charge in [-0.15, -0.1) is 0 Å². The average Bonchev–Trinajstić information content (AvgIpc) is 3.48. The zero-order chi connectivity index (χ0) is 27.2. The van der Waals surface area contributed by atoms with Gasteiger partial charge < -0.3 is 35.8 Å². The Labute approximate surface area is 215 Å². The lowest BCUT2D eigenvalue weighted by molar-refractivity contribution is -0.252. The molecule has 0 saturated carbocycles. The van der Waals surface area contributed by atoms with Gasteiger partial charge in [-0.1, -0.05) is 0 Å². The minimum atomic E-state index is -5.30. The number of thiophene rings is 1. The number of nitrogens with one attached hydrogen (secondary N) is 1. The number of benzene rings is 1. The van der Waals surface area contributed by atoms with E-state index in [1.165, 1.54) is 11.3 Å². The van der Waals surface area contributed by atoms with E-state index in [0.29, 0.717) is 23.9 Å². The van der Waals surface area contributed by atoms with Gasteiger partial charge >= 0.3 is 18.2 Å². The fraction of sp³-hybridized carbons (Fsp3) is 0.500.